The van der Waals surface area contributed by atoms with Crippen LogP contribution < -0.4 is 5.19 Å². The van der Waals surface area contributed by atoms with Crippen LogP contribution in [0.25, 0.3) is 0 Å². The lowest BCUT2D eigenvalue weighted by Crippen LogP contribution is -2.51. The molecule has 0 aliphatic rings. The van der Waals surface area contributed by atoms with E-state index in [0.29, 0.717) is 11.1 Å². The lowest BCUT2D eigenvalue weighted by molar-refractivity contribution is 0.121. The molecule has 0 heterocycles. The molecule has 0 saturated heterocycles. The zero-order chi connectivity index (χ0) is 15.9. The van der Waals surface area contributed by atoms with Gasteiger partial charge in [0.15, 0.2) is 0 Å². The molecular formula is C17H30O3Si. The summed E-state index contributed by atoms with van der Waals surface area (Å²) in [5, 5.41) is 0.704. The topological polar surface area (TPSA) is 49.7 Å². The van der Waals surface area contributed by atoms with Crippen molar-refractivity contribution < 1.29 is 14.3 Å². The summed E-state index contributed by atoms with van der Waals surface area (Å²) in [4.78, 5) is 20.5. The zero-order valence-corrected chi connectivity index (χ0v) is 14.8. The van der Waals surface area contributed by atoms with E-state index in [4.69, 9.17) is 4.74 Å². The largest absolute Gasteiger partial charge is 0.407 e. The van der Waals surface area contributed by atoms with Crippen molar-refractivity contribution in [1.29, 1.82) is 0 Å². The van der Waals surface area contributed by atoms with Gasteiger partial charge in [0.2, 0.25) is 0 Å². The molecule has 0 amide bonds. The number of benzene rings is 1. The molecule has 4 heteroatoms. The molecule has 0 aliphatic carbocycles. The highest BCUT2D eigenvalue weighted by Crippen LogP contribution is 2.15. The minimum Gasteiger partial charge on any atom is -0.407 e. The molecule has 0 spiro atoms. The highest BCUT2D eigenvalue weighted by atomic mass is 28.4. The number of hydrogen-bond donors (Lipinski definition) is 2. The fourth-order valence-corrected chi connectivity index (χ4v) is 3.49. The SMILES string of the molecule is CC(C)CCOCCCc1cccc([Si](O)(O)C(C)C)c1. The molecule has 0 fully saturated rings. The summed E-state index contributed by atoms with van der Waals surface area (Å²) in [5.41, 5.74) is 1.05. The third-order valence-electron chi connectivity index (χ3n) is 3.75. The standard InChI is InChI=1S/C17H30O3Si/c1-14(2)10-12-20-11-6-8-16-7-5-9-17(13-16)21(18,19)15(3)4/h5,7,9,13-15,18-19H,6,8,10-12H2,1-4H3. The van der Waals surface area contributed by atoms with E-state index in [0.717, 1.165) is 38.0 Å². The van der Waals surface area contributed by atoms with Crippen LogP contribution in [-0.4, -0.2) is 31.4 Å². The van der Waals surface area contributed by atoms with Gasteiger partial charge in [0.25, 0.3) is 0 Å². The van der Waals surface area contributed by atoms with Crippen molar-refractivity contribution in [3.05, 3.63) is 29.8 Å². The van der Waals surface area contributed by atoms with E-state index < -0.39 is 8.56 Å². The van der Waals surface area contributed by atoms with Crippen molar-refractivity contribution in [2.24, 2.45) is 5.92 Å². The van der Waals surface area contributed by atoms with Gasteiger partial charge in [-0.25, -0.2) is 0 Å². The fourth-order valence-electron chi connectivity index (χ4n) is 2.09. The maximum absolute atomic E-state index is 10.3. The van der Waals surface area contributed by atoms with Gasteiger partial charge in [0, 0.05) is 18.8 Å². The quantitative estimate of drug-likeness (QED) is 0.545. The summed E-state index contributed by atoms with van der Waals surface area (Å²) in [6, 6.07) is 7.73. The van der Waals surface area contributed by atoms with Gasteiger partial charge in [0.1, 0.15) is 0 Å². The minimum absolute atomic E-state index is 0.105. The Morgan fingerprint density at radius 2 is 1.81 bits per heavy atom. The summed E-state index contributed by atoms with van der Waals surface area (Å²) in [6.45, 7) is 9.71. The van der Waals surface area contributed by atoms with Crippen molar-refractivity contribution in [2.45, 2.75) is 52.5 Å². The van der Waals surface area contributed by atoms with E-state index >= 15 is 0 Å². The molecule has 1 aromatic rings. The Bertz CT molecular complexity index is 416. The van der Waals surface area contributed by atoms with Gasteiger partial charge in [-0.2, -0.15) is 0 Å². The van der Waals surface area contributed by atoms with E-state index in [1.54, 1.807) is 0 Å². The number of rotatable bonds is 9. The Balaban J connectivity index is 2.43. The van der Waals surface area contributed by atoms with Gasteiger partial charge in [-0.05, 0) is 35.9 Å². The normalized spacial score (nSPS) is 12.4. The van der Waals surface area contributed by atoms with Gasteiger partial charge in [-0.15, -0.1) is 0 Å². The predicted molar refractivity (Wildman–Crippen MR) is 90.0 cm³/mol. The molecule has 120 valence electrons. The first kappa shape index (κ1) is 18.4. The van der Waals surface area contributed by atoms with Crippen molar-refractivity contribution in [3.8, 4) is 0 Å². The maximum atomic E-state index is 10.3. The maximum Gasteiger partial charge on any atom is 0.369 e. The molecule has 2 N–H and O–H groups in total. The minimum atomic E-state index is -3.29. The molecule has 3 nitrogen and oxygen atoms in total. The Labute approximate surface area is 130 Å². The van der Waals surface area contributed by atoms with E-state index in [1.165, 1.54) is 0 Å². The second kappa shape index (κ2) is 8.69. The number of hydrogen-bond acceptors (Lipinski definition) is 3. The molecule has 0 aliphatic heterocycles. The molecule has 0 aromatic heterocycles. The zero-order valence-electron chi connectivity index (χ0n) is 13.8. The summed E-state index contributed by atoms with van der Waals surface area (Å²) < 4.78 is 5.61. The summed E-state index contributed by atoms with van der Waals surface area (Å²) in [6.07, 6.45) is 2.99. The summed E-state index contributed by atoms with van der Waals surface area (Å²) >= 11 is 0. The van der Waals surface area contributed by atoms with Crippen LogP contribution in [0, 0.1) is 5.92 Å². The van der Waals surface area contributed by atoms with Crippen LogP contribution in [0.3, 0.4) is 0 Å². The Kier molecular flexibility index (Phi) is 7.60. The Hall–Kier alpha value is -0.683. The summed E-state index contributed by atoms with van der Waals surface area (Å²) in [7, 11) is -3.29. The van der Waals surface area contributed by atoms with Gasteiger partial charge < -0.3 is 14.3 Å². The van der Waals surface area contributed by atoms with Crippen molar-refractivity contribution in [1.82, 2.24) is 0 Å². The first-order valence-corrected chi connectivity index (χ1v) is 9.93. The molecule has 0 radical (unpaired) electrons. The molecule has 0 bridgehead atoms. The number of aryl methyl sites for hydroxylation is 1. The second-order valence-corrected chi connectivity index (χ2v) is 9.66. The van der Waals surface area contributed by atoms with Crippen LogP contribution in [0.4, 0.5) is 0 Å². The highest BCUT2D eigenvalue weighted by Gasteiger charge is 2.35. The first-order chi connectivity index (χ1) is 9.84. The highest BCUT2D eigenvalue weighted by molar-refractivity contribution is 6.79. The van der Waals surface area contributed by atoms with Crippen molar-refractivity contribution >= 4 is 13.7 Å². The Morgan fingerprint density at radius 3 is 2.43 bits per heavy atom. The monoisotopic (exact) mass is 310 g/mol. The van der Waals surface area contributed by atoms with Crippen LogP contribution in [0.5, 0.6) is 0 Å². The van der Waals surface area contributed by atoms with E-state index in [2.05, 4.69) is 13.8 Å². The lowest BCUT2D eigenvalue weighted by atomic mass is 10.1. The van der Waals surface area contributed by atoms with Gasteiger partial charge in [-0.1, -0.05) is 52.0 Å². The smallest absolute Gasteiger partial charge is 0.369 e. The molecule has 1 rings (SSSR count). The van der Waals surface area contributed by atoms with Crippen LogP contribution in [0.1, 0.15) is 46.1 Å². The molecule has 0 saturated carbocycles. The average Bonchev–Trinajstić information content (AvgIpc) is 2.42. The lowest BCUT2D eigenvalue weighted by Gasteiger charge is -2.22. The van der Waals surface area contributed by atoms with Gasteiger partial charge in [0.05, 0.1) is 0 Å². The molecule has 21 heavy (non-hydrogen) atoms. The third-order valence-corrected chi connectivity index (χ3v) is 6.52. The second-order valence-electron chi connectivity index (χ2n) is 6.48. The van der Waals surface area contributed by atoms with Gasteiger partial charge >= 0.3 is 8.56 Å². The van der Waals surface area contributed by atoms with E-state index in [1.807, 2.05) is 38.1 Å². The predicted octanol–water partition coefficient (Wildman–Crippen LogP) is 2.73. The number of ether oxygens (including phenoxy) is 1. The average molecular weight is 311 g/mol. The van der Waals surface area contributed by atoms with Crippen LogP contribution in [0.15, 0.2) is 24.3 Å². The van der Waals surface area contributed by atoms with Crippen LogP contribution >= 0.6 is 0 Å². The van der Waals surface area contributed by atoms with Gasteiger partial charge in [-0.3, -0.25) is 0 Å². The Morgan fingerprint density at radius 1 is 1.10 bits per heavy atom. The first-order valence-electron chi connectivity index (χ1n) is 7.96. The van der Waals surface area contributed by atoms with Crippen LogP contribution in [-0.2, 0) is 11.2 Å². The van der Waals surface area contributed by atoms with Crippen molar-refractivity contribution in [2.75, 3.05) is 13.2 Å². The van der Waals surface area contributed by atoms with E-state index in [-0.39, 0.29) is 5.54 Å². The molecule has 1 aromatic carbocycles. The van der Waals surface area contributed by atoms with Crippen molar-refractivity contribution in [3.63, 3.8) is 0 Å². The molecular weight excluding hydrogens is 280 g/mol. The van der Waals surface area contributed by atoms with Crippen LogP contribution in [0.2, 0.25) is 5.54 Å². The molecule has 0 atom stereocenters. The fraction of sp³-hybridized carbons (Fsp3) is 0.647. The third kappa shape index (κ3) is 6.30. The van der Waals surface area contributed by atoms with E-state index in [9.17, 15) is 9.59 Å². The molecule has 0 unspecified atom stereocenters. The summed E-state index contributed by atoms with van der Waals surface area (Å²) in [5.74, 6) is 0.685.